The van der Waals surface area contributed by atoms with E-state index in [1.807, 2.05) is 31.2 Å². The van der Waals surface area contributed by atoms with Crippen molar-refractivity contribution in [3.05, 3.63) is 89.2 Å². The molecule has 0 atom stereocenters. The van der Waals surface area contributed by atoms with Gasteiger partial charge in [-0.2, -0.15) is 0 Å². The molecule has 0 fully saturated rings. The molecule has 0 spiro atoms. The van der Waals surface area contributed by atoms with Crippen molar-refractivity contribution in [1.29, 1.82) is 0 Å². The van der Waals surface area contributed by atoms with Gasteiger partial charge in [-0.15, -0.1) is 11.8 Å². The number of benzene rings is 3. The lowest BCUT2D eigenvalue weighted by molar-refractivity contribution is -0.113. The molecule has 0 saturated carbocycles. The predicted octanol–water partition coefficient (Wildman–Crippen LogP) is 6.37. The SMILES string of the molecule is Cc1ccc(C2=Nc3ccccc3N=C(SCC(=O)Nc3cc(F)ccc3C)C2)cc1. The second kappa shape index (κ2) is 9.27. The average Bonchev–Trinajstić information content (AvgIpc) is 2.94. The molecule has 4 nitrogen and oxygen atoms in total. The molecule has 1 N–H and O–H groups in total. The summed E-state index contributed by atoms with van der Waals surface area (Å²) in [5.74, 6) is -0.400. The number of amides is 1. The summed E-state index contributed by atoms with van der Waals surface area (Å²) in [6.07, 6.45) is 0.536. The molecule has 3 aromatic rings. The van der Waals surface area contributed by atoms with Crippen LogP contribution in [-0.4, -0.2) is 22.4 Å². The van der Waals surface area contributed by atoms with Crippen LogP contribution in [0.1, 0.15) is 23.1 Å². The predicted molar refractivity (Wildman–Crippen MR) is 128 cm³/mol. The number of aliphatic imine (C=N–C) groups is 2. The van der Waals surface area contributed by atoms with E-state index in [0.29, 0.717) is 12.1 Å². The number of anilines is 1. The Labute approximate surface area is 185 Å². The standard InChI is InChI=1S/C25H22FN3OS/c1-16-7-10-18(11-8-16)23-14-25(29-21-6-4-3-5-20(21)27-23)31-15-24(30)28-22-13-19(26)12-9-17(22)2/h3-13H,14-15H2,1-2H3,(H,28,30). The number of carbonyl (C=O) groups is 1. The first-order chi connectivity index (χ1) is 15.0. The van der Waals surface area contributed by atoms with Gasteiger partial charge in [-0.05, 0) is 49.2 Å². The third-order valence-corrected chi connectivity index (χ3v) is 5.90. The number of carbonyl (C=O) groups excluding carboxylic acids is 1. The molecule has 3 aromatic carbocycles. The van der Waals surface area contributed by atoms with Crippen LogP contribution in [0.25, 0.3) is 0 Å². The number of thioether (sulfide) groups is 1. The zero-order valence-corrected chi connectivity index (χ0v) is 18.2. The molecule has 4 rings (SSSR count). The van der Waals surface area contributed by atoms with Crippen molar-refractivity contribution >= 4 is 45.5 Å². The maximum Gasteiger partial charge on any atom is 0.234 e. The third kappa shape index (κ3) is 5.27. The van der Waals surface area contributed by atoms with E-state index in [9.17, 15) is 9.18 Å². The highest BCUT2D eigenvalue weighted by Crippen LogP contribution is 2.33. The van der Waals surface area contributed by atoms with E-state index in [1.54, 1.807) is 6.07 Å². The van der Waals surface area contributed by atoms with Crippen LogP contribution >= 0.6 is 11.8 Å². The first-order valence-electron chi connectivity index (χ1n) is 9.98. The van der Waals surface area contributed by atoms with Crippen molar-refractivity contribution < 1.29 is 9.18 Å². The van der Waals surface area contributed by atoms with Gasteiger partial charge in [0.2, 0.25) is 5.91 Å². The van der Waals surface area contributed by atoms with Crippen LogP contribution in [-0.2, 0) is 4.79 Å². The van der Waals surface area contributed by atoms with Crippen LogP contribution in [0, 0.1) is 19.7 Å². The van der Waals surface area contributed by atoms with Crippen molar-refractivity contribution in [2.75, 3.05) is 11.1 Å². The molecule has 6 heteroatoms. The number of halogens is 1. The second-order valence-electron chi connectivity index (χ2n) is 7.39. The summed E-state index contributed by atoms with van der Waals surface area (Å²) in [6.45, 7) is 3.88. The van der Waals surface area contributed by atoms with E-state index in [1.165, 1.54) is 29.5 Å². The minimum Gasteiger partial charge on any atom is -0.325 e. The number of hydrogen-bond donors (Lipinski definition) is 1. The van der Waals surface area contributed by atoms with Crippen LogP contribution in [0.5, 0.6) is 0 Å². The Morgan fingerprint density at radius 3 is 2.45 bits per heavy atom. The van der Waals surface area contributed by atoms with Crippen LogP contribution in [0.4, 0.5) is 21.5 Å². The summed E-state index contributed by atoms with van der Waals surface area (Å²) in [5.41, 5.74) is 6.04. The largest absolute Gasteiger partial charge is 0.325 e. The molecule has 0 saturated heterocycles. The monoisotopic (exact) mass is 431 g/mol. The van der Waals surface area contributed by atoms with Crippen LogP contribution in [0.3, 0.4) is 0 Å². The molecule has 0 aromatic heterocycles. The molecule has 0 unspecified atom stereocenters. The summed E-state index contributed by atoms with van der Waals surface area (Å²) in [4.78, 5) is 22.1. The topological polar surface area (TPSA) is 53.8 Å². The maximum atomic E-state index is 13.5. The summed E-state index contributed by atoms with van der Waals surface area (Å²) in [5, 5.41) is 3.60. The summed E-state index contributed by atoms with van der Waals surface area (Å²) < 4.78 is 13.5. The average molecular weight is 432 g/mol. The summed E-state index contributed by atoms with van der Waals surface area (Å²) in [7, 11) is 0. The van der Waals surface area contributed by atoms with E-state index in [2.05, 4.69) is 36.5 Å². The number of fused-ring (bicyclic) bond motifs is 1. The van der Waals surface area contributed by atoms with Crippen molar-refractivity contribution in [3.63, 3.8) is 0 Å². The van der Waals surface area contributed by atoms with Gasteiger partial charge in [0.25, 0.3) is 0 Å². The molecule has 156 valence electrons. The van der Waals surface area contributed by atoms with E-state index in [0.717, 1.165) is 33.3 Å². The van der Waals surface area contributed by atoms with Gasteiger partial charge in [0.15, 0.2) is 0 Å². The third-order valence-electron chi connectivity index (χ3n) is 4.93. The molecule has 1 heterocycles. The van der Waals surface area contributed by atoms with Gasteiger partial charge in [-0.1, -0.05) is 48.0 Å². The highest BCUT2D eigenvalue weighted by Gasteiger charge is 2.17. The minimum absolute atomic E-state index is 0.179. The van der Waals surface area contributed by atoms with Gasteiger partial charge >= 0.3 is 0 Å². The Kier molecular flexibility index (Phi) is 6.28. The lowest BCUT2D eigenvalue weighted by atomic mass is 10.1. The fraction of sp³-hybridized carbons (Fsp3) is 0.160. The summed E-state index contributed by atoms with van der Waals surface area (Å²) >= 11 is 1.38. The molecule has 31 heavy (non-hydrogen) atoms. The van der Waals surface area contributed by atoms with Crippen molar-refractivity contribution in [2.45, 2.75) is 20.3 Å². The number of aryl methyl sites for hydroxylation is 2. The molecular formula is C25H22FN3OS. The van der Waals surface area contributed by atoms with Gasteiger partial charge in [-0.3, -0.25) is 9.79 Å². The normalized spacial score (nSPS) is 13.0. The molecule has 1 amide bonds. The van der Waals surface area contributed by atoms with Crippen molar-refractivity contribution in [2.24, 2.45) is 9.98 Å². The lowest BCUT2D eigenvalue weighted by Crippen LogP contribution is -2.17. The number of nitrogens with one attached hydrogen (secondary N) is 1. The number of rotatable bonds is 4. The molecule has 0 bridgehead atoms. The van der Waals surface area contributed by atoms with E-state index in [4.69, 9.17) is 9.98 Å². The molecule has 1 aliphatic rings. The van der Waals surface area contributed by atoms with E-state index >= 15 is 0 Å². The Morgan fingerprint density at radius 1 is 1.00 bits per heavy atom. The van der Waals surface area contributed by atoms with Crippen molar-refractivity contribution in [1.82, 2.24) is 0 Å². The number of hydrogen-bond acceptors (Lipinski definition) is 4. The van der Waals surface area contributed by atoms with Gasteiger partial charge in [-0.25, -0.2) is 9.38 Å². The quantitative estimate of drug-likeness (QED) is 0.522. The van der Waals surface area contributed by atoms with Crippen molar-refractivity contribution in [3.8, 4) is 0 Å². The molecular weight excluding hydrogens is 409 g/mol. The second-order valence-corrected chi connectivity index (χ2v) is 8.44. The summed E-state index contributed by atoms with van der Waals surface area (Å²) in [6, 6.07) is 20.3. The van der Waals surface area contributed by atoms with E-state index in [-0.39, 0.29) is 17.5 Å². The Bertz CT molecular complexity index is 1190. The molecule has 0 radical (unpaired) electrons. The Hall–Kier alpha value is -3.25. The maximum absolute atomic E-state index is 13.5. The zero-order valence-electron chi connectivity index (χ0n) is 17.4. The first kappa shape index (κ1) is 21.0. The van der Waals surface area contributed by atoms with Gasteiger partial charge in [0.05, 0.1) is 27.9 Å². The fourth-order valence-electron chi connectivity index (χ4n) is 3.22. The van der Waals surface area contributed by atoms with Crippen LogP contribution < -0.4 is 5.32 Å². The van der Waals surface area contributed by atoms with E-state index < -0.39 is 0 Å². The van der Waals surface area contributed by atoms with Crippen LogP contribution in [0.2, 0.25) is 0 Å². The lowest BCUT2D eigenvalue weighted by Gasteiger charge is -2.10. The number of nitrogens with zero attached hydrogens (tertiary/aromatic N) is 2. The highest BCUT2D eigenvalue weighted by atomic mass is 32.2. The van der Waals surface area contributed by atoms with Gasteiger partial charge < -0.3 is 5.32 Å². The van der Waals surface area contributed by atoms with Crippen LogP contribution in [0.15, 0.2) is 76.7 Å². The Morgan fingerprint density at radius 2 is 1.71 bits per heavy atom. The Balaban J connectivity index is 1.53. The highest BCUT2D eigenvalue weighted by molar-refractivity contribution is 8.14. The molecule has 0 aliphatic carbocycles. The minimum atomic E-state index is -0.378. The van der Waals surface area contributed by atoms with Gasteiger partial charge in [0, 0.05) is 12.1 Å². The zero-order chi connectivity index (χ0) is 21.8. The molecule has 1 aliphatic heterocycles. The number of para-hydroxylation sites is 2. The van der Waals surface area contributed by atoms with Gasteiger partial charge in [0.1, 0.15) is 5.82 Å². The first-order valence-corrected chi connectivity index (χ1v) is 11.0. The fourth-order valence-corrected chi connectivity index (χ4v) is 3.99. The smallest absolute Gasteiger partial charge is 0.234 e.